The number of carbonyl (C=O) groups excluding carboxylic acids is 1. The Hall–Kier alpha value is -2.30. The lowest BCUT2D eigenvalue weighted by molar-refractivity contribution is -0.116. The maximum atomic E-state index is 11.7. The fourth-order valence-corrected chi connectivity index (χ4v) is 1.60. The number of pyridine rings is 1. The van der Waals surface area contributed by atoms with Crippen molar-refractivity contribution in [3.63, 3.8) is 0 Å². The molecule has 1 amide bonds. The van der Waals surface area contributed by atoms with Crippen molar-refractivity contribution in [1.29, 1.82) is 0 Å². The van der Waals surface area contributed by atoms with E-state index in [2.05, 4.69) is 5.32 Å². The summed E-state index contributed by atoms with van der Waals surface area (Å²) in [6.45, 7) is 0. The van der Waals surface area contributed by atoms with Crippen LogP contribution in [0.1, 0.15) is 12.2 Å². The summed E-state index contributed by atoms with van der Waals surface area (Å²) in [6, 6.07) is 6.89. The second kappa shape index (κ2) is 5.35. The highest BCUT2D eigenvalue weighted by Gasteiger charge is 2.07. The number of amides is 1. The standard InChI is InChI=1S/C13H14N2O3/c1-15-8-2-5-11(13(15)17)14-12(16)7-6-10-4-3-9-18-10/h2-5,8-9H,6-7H2,1H3,(H,14,16). The van der Waals surface area contributed by atoms with Crippen LogP contribution in [0.2, 0.25) is 0 Å². The predicted molar refractivity (Wildman–Crippen MR) is 67.3 cm³/mol. The first-order chi connectivity index (χ1) is 8.66. The van der Waals surface area contributed by atoms with E-state index in [1.165, 1.54) is 4.57 Å². The third kappa shape index (κ3) is 2.88. The van der Waals surface area contributed by atoms with Crippen LogP contribution >= 0.6 is 0 Å². The van der Waals surface area contributed by atoms with Crippen LogP contribution in [0.15, 0.2) is 45.9 Å². The Balaban J connectivity index is 1.95. The number of furan rings is 1. The van der Waals surface area contributed by atoms with Crippen molar-refractivity contribution in [1.82, 2.24) is 4.57 Å². The first-order valence-corrected chi connectivity index (χ1v) is 5.64. The maximum Gasteiger partial charge on any atom is 0.274 e. The van der Waals surface area contributed by atoms with E-state index in [1.54, 1.807) is 37.7 Å². The average molecular weight is 246 g/mol. The summed E-state index contributed by atoms with van der Waals surface area (Å²) >= 11 is 0. The van der Waals surface area contributed by atoms with Crippen LogP contribution in [0.5, 0.6) is 0 Å². The van der Waals surface area contributed by atoms with Gasteiger partial charge in [0.1, 0.15) is 11.4 Å². The van der Waals surface area contributed by atoms with E-state index < -0.39 is 0 Å². The Morgan fingerprint density at radius 3 is 2.94 bits per heavy atom. The van der Waals surface area contributed by atoms with Gasteiger partial charge < -0.3 is 14.3 Å². The highest BCUT2D eigenvalue weighted by Crippen LogP contribution is 2.05. The van der Waals surface area contributed by atoms with Gasteiger partial charge in [-0.1, -0.05) is 0 Å². The van der Waals surface area contributed by atoms with Crippen molar-refractivity contribution < 1.29 is 9.21 Å². The van der Waals surface area contributed by atoms with Crippen LogP contribution in [0.25, 0.3) is 0 Å². The molecule has 0 saturated heterocycles. The second-order valence-electron chi connectivity index (χ2n) is 3.97. The van der Waals surface area contributed by atoms with Gasteiger partial charge in [-0.25, -0.2) is 0 Å². The molecule has 0 spiro atoms. The molecule has 5 nitrogen and oxygen atoms in total. The number of nitrogens with one attached hydrogen (secondary N) is 1. The average Bonchev–Trinajstić information content (AvgIpc) is 2.86. The van der Waals surface area contributed by atoms with Gasteiger partial charge in [-0.3, -0.25) is 9.59 Å². The molecule has 5 heteroatoms. The second-order valence-corrected chi connectivity index (χ2v) is 3.97. The van der Waals surface area contributed by atoms with Crippen molar-refractivity contribution in [2.45, 2.75) is 12.8 Å². The summed E-state index contributed by atoms with van der Waals surface area (Å²) in [5.41, 5.74) is 0.0771. The summed E-state index contributed by atoms with van der Waals surface area (Å²) in [7, 11) is 1.64. The van der Waals surface area contributed by atoms with Gasteiger partial charge in [0.15, 0.2) is 0 Å². The molecule has 0 unspecified atom stereocenters. The normalized spacial score (nSPS) is 10.3. The lowest BCUT2D eigenvalue weighted by Gasteiger charge is -2.05. The Morgan fingerprint density at radius 1 is 1.39 bits per heavy atom. The first kappa shape index (κ1) is 12.2. The molecule has 0 atom stereocenters. The van der Waals surface area contributed by atoms with Gasteiger partial charge in [0, 0.05) is 26.1 Å². The number of aryl methyl sites for hydroxylation is 2. The lowest BCUT2D eigenvalue weighted by atomic mass is 10.2. The van der Waals surface area contributed by atoms with E-state index in [9.17, 15) is 9.59 Å². The Bertz CT molecular complexity index is 585. The highest BCUT2D eigenvalue weighted by molar-refractivity contribution is 5.90. The van der Waals surface area contributed by atoms with Gasteiger partial charge in [0.05, 0.1) is 6.26 Å². The van der Waals surface area contributed by atoms with E-state index in [4.69, 9.17) is 4.42 Å². The van der Waals surface area contributed by atoms with Crippen molar-refractivity contribution in [2.75, 3.05) is 5.32 Å². The molecule has 0 saturated carbocycles. The number of carbonyl (C=O) groups is 1. The molecule has 1 N–H and O–H groups in total. The van der Waals surface area contributed by atoms with E-state index in [1.807, 2.05) is 6.07 Å². The third-order valence-electron chi connectivity index (χ3n) is 2.58. The highest BCUT2D eigenvalue weighted by atomic mass is 16.3. The minimum Gasteiger partial charge on any atom is -0.469 e. The summed E-state index contributed by atoms with van der Waals surface area (Å²) in [6.07, 6.45) is 4.01. The van der Waals surface area contributed by atoms with E-state index >= 15 is 0 Å². The molecule has 0 radical (unpaired) electrons. The number of hydrogen-bond acceptors (Lipinski definition) is 3. The summed E-state index contributed by atoms with van der Waals surface area (Å²) in [5, 5.41) is 2.60. The fraction of sp³-hybridized carbons (Fsp3) is 0.231. The number of anilines is 1. The molecule has 18 heavy (non-hydrogen) atoms. The molecule has 0 aromatic carbocycles. The van der Waals surface area contributed by atoms with Crippen LogP contribution in [0.3, 0.4) is 0 Å². The van der Waals surface area contributed by atoms with Crippen LogP contribution in [0, 0.1) is 0 Å². The topological polar surface area (TPSA) is 64.2 Å². The third-order valence-corrected chi connectivity index (χ3v) is 2.58. The van der Waals surface area contributed by atoms with Crippen LogP contribution in [0.4, 0.5) is 5.69 Å². The quantitative estimate of drug-likeness (QED) is 0.890. The molecule has 0 fully saturated rings. The molecule has 0 aliphatic rings. The smallest absolute Gasteiger partial charge is 0.274 e. The van der Waals surface area contributed by atoms with E-state index in [0.717, 1.165) is 5.76 Å². The molecule has 2 rings (SSSR count). The molecule has 0 aliphatic carbocycles. The number of rotatable bonds is 4. The van der Waals surface area contributed by atoms with Gasteiger partial charge in [-0.05, 0) is 24.3 Å². The van der Waals surface area contributed by atoms with Crippen LogP contribution in [-0.2, 0) is 18.3 Å². The molecular weight excluding hydrogens is 232 g/mol. The van der Waals surface area contributed by atoms with Crippen molar-refractivity contribution in [3.05, 3.63) is 52.8 Å². The fourth-order valence-electron chi connectivity index (χ4n) is 1.60. The van der Waals surface area contributed by atoms with Crippen molar-refractivity contribution in [3.8, 4) is 0 Å². The Labute approximate surface area is 104 Å². The molecule has 0 bridgehead atoms. The molecule has 0 aliphatic heterocycles. The van der Waals surface area contributed by atoms with E-state index in [0.29, 0.717) is 12.1 Å². The number of nitrogens with zero attached hydrogens (tertiary/aromatic N) is 1. The Kier molecular flexibility index (Phi) is 3.62. The van der Waals surface area contributed by atoms with Crippen molar-refractivity contribution >= 4 is 11.6 Å². The van der Waals surface area contributed by atoms with Gasteiger partial charge in [0.25, 0.3) is 5.56 Å². The maximum absolute atomic E-state index is 11.7. The van der Waals surface area contributed by atoms with Crippen molar-refractivity contribution in [2.24, 2.45) is 7.05 Å². The summed E-state index contributed by atoms with van der Waals surface area (Å²) in [4.78, 5) is 23.3. The molecular formula is C13H14N2O3. The molecule has 94 valence electrons. The zero-order chi connectivity index (χ0) is 13.0. The van der Waals surface area contributed by atoms with Crippen LogP contribution < -0.4 is 10.9 Å². The molecule has 2 aromatic heterocycles. The molecule has 2 heterocycles. The van der Waals surface area contributed by atoms with E-state index in [-0.39, 0.29) is 17.9 Å². The monoisotopic (exact) mass is 246 g/mol. The van der Waals surface area contributed by atoms with Gasteiger partial charge in [-0.2, -0.15) is 0 Å². The minimum atomic E-state index is -0.219. The number of aromatic nitrogens is 1. The summed E-state index contributed by atoms with van der Waals surface area (Å²) < 4.78 is 6.55. The largest absolute Gasteiger partial charge is 0.469 e. The van der Waals surface area contributed by atoms with Gasteiger partial charge >= 0.3 is 0 Å². The SMILES string of the molecule is Cn1cccc(NC(=O)CCc2ccco2)c1=O. The number of hydrogen-bond donors (Lipinski definition) is 1. The first-order valence-electron chi connectivity index (χ1n) is 5.64. The Morgan fingerprint density at radius 2 is 2.22 bits per heavy atom. The van der Waals surface area contributed by atoms with Gasteiger partial charge in [-0.15, -0.1) is 0 Å². The zero-order valence-electron chi connectivity index (χ0n) is 10.1. The molecule has 2 aromatic rings. The predicted octanol–water partition coefficient (Wildman–Crippen LogP) is 1.55. The van der Waals surface area contributed by atoms with Gasteiger partial charge in [0.2, 0.25) is 5.91 Å². The lowest BCUT2D eigenvalue weighted by Crippen LogP contribution is -2.23. The summed E-state index contributed by atoms with van der Waals surface area (Å²) in [5.74, 6) is 0.556. The minimum absolute atomic E-state index is 0.199. The zero-order valence-corrected chi connectivity index (χ0v) is 10.1. The van der Waals surface area contributed by atoms with Crippen LogP contribution in [-0.4, -0.2) is 10.5 Å².